The Balaban J connectivity index is 1.49. The smallest absolute Gasteiger partial charge is 0.220 e. The molecule has 2 aromatic rings. The first-order chi connectivity index (χ1) is 10.2. The molecule has 1 aliphatic heterocycles. The Labute approximate surface area is 129 Å². The van der Waals surface area contributed by atoms with E-state index in [1.807, 2.05) is 18.2 Å². The molecule has 0 bridgehead atoms. The second kappa shape index (κ2) is 6.54. The summed E-state index contributed by atoms with van der Waals surface area (Å²) in [5.74, 6) is 0.156. The third-order valence-electron chi connectivity index (χ3n) is 3.99. The number of nitrogens with one attached hydrogen (secondary N) is 1. The van der Waals surface area contributed by atoms with Gasteiger partial charge in [0.25, 0.3) is 0 Å². The predicted molar refractivity (Wildman–Crippen MR) is 86.6 cm³/mol. The molecule has 1 aromatic heterocycles. The van der Waals surface area contributed by atoms with Gasteiger partial charge in [0.05, 0.1) is 15.2 Å². The monoisotopic (exact) mass is 303 g/mol. The fourth-order valence-corrected chi connectivity index (χ4v) is 3.67. The number of amides is 1. The first-order valence-corrected chi connectivity index (χ1v) is 8.35. The van der Waals surface area contributed by atoms with Gasteiger partial charge in [0, 0.05) is 18.9 Å². The fourth-order valence-electron chi connectivity index (χ4n) is 2.70. The highest BCUT2D eigenvalue weighted by molar-refractivity contribution is 7.18. The molecule has 3 rings (SSSR count). The van der Waals surface area contributed by atoms with E-state index in [0.29, 0.717) is 12.5 Å². The minimum absolute atomic E-state index is 0.156. The lowest BCUT2D eigenvalue weighted by Crippen LogP contribution is -2.43. The van der Waals surface area contributed by atoms with Crippen LogP contribution < -0.4 is 5.32 Å². The van der Waals surface area contributed by atoms with Crippen molar-refractivity contribution >= 4 is 27.5 Å². The molecule has 0 unspecified atom stereocenters. The highest BCUT2D eigenvalue weighted by atomic mass is 32.1. The third-order valence-corrected chi connectivity index (χ3v) is 5.08. The number of aromatic nitrogens is 1. The van der Waals surface area contributed by atoms with Gasteiger partial charge in [-0.3, -0.25) is 4.79 Å². The van der Waals surface area contributed by atoms with Crippen molar-refractivity contribution in [2.75, 3.05) is 20.1 Å². The van der Waals surface area contributed by atoms with E-state index in [0.717, 1.165) is 42.9 Å². The van der Waals surface area contributed by atoms with Crippen molar-refractivity contribution in [2.45, 2.75) is 31.7 Å². The normalized spacial score (nSPS) is 17.2. The van der Waals surface area contributed by atoms with Gasteiger partial charge >= 0.3 is 0 Å². The fraction of sp³-hybridized carbons (Fsp3) is 0.500. The average Bonchev–Trinajstić information content (AvgIpc) is 2.90. The summed E-state index contributed by atoms with van der Waals surface area (Å²) in [6, 6.07) is 8.47. The number of likely N-dealkylation sites (tertiary alicyclic amines) is 1. The van der Waals surface area contributed by atoms with Crippen LogP contribution in [0.25, 0.3) is 10.2 Å². The van der Waals surface area contributed by atoms with Gasteiger partial charge in [0.2, 0.25) is 5.91 Å². The number of rotatable bonds is 4. The summed E-state index contributed by atoms with van der Waals surface area (Å²) >= 11 is 1.69. The summed E-state index contributed by atoms with van der Waals surface area (Å²) in [6.07, 6.45) is 3.39. The van der Waals surface area contributed by atoms with Crippen LogP contribution in [0.5, 0.6) is 0 Å². The van der Waals surface area contributed by atoms with Gasteiger partial charge in [0.1, 0.15) is 0 Å². The van der Waals surface area contributed by atoms with E-state index in [1.54, 1.807) is 11.3 Å². The van der Waals surface area contributed by atoms with Crippen LogP contribution in [0.1, 0.15) is 24.3 Å². The summed E-state index contributed by atoms with van der Waals surface area (Å²) in [7, 11) is 2.13. The molecule has 1 aromatic carbocycles. The van der Waals surface area contributed by atoms with Gasteiger partial charge < -0.3 is 10.2 Å². The van der Waals surface area contributed by atoms with Crippen LogP contribution in [0.15, 0.2) is 24.3 Å². The molecule has 0 aliphatic carbocycles. The second-order valence-corrected chi connectivity index (χ2v) is 6.84. The molecule has 21 heavy (non-hydrogen) atoms. The van der Waals surface area contributed by atoms with Crippen LogP contribution in [-0.4, -0.2) is 42.0 Å². The van der Waals surface area contributed by atoms with E-state index in [2.05, 4.69) is 28.3 Å². The van der Waals surface area contributed by atoms with E-state index in [1.165, 1.54) is 4.70 Å². The number of carbonyl (C=O) groups is 1. The minimum atomic E-state index is 0.156. The molecule has 1 N–H and O–H groups in total. The van der Waals surface area contributed by atoms with E-state index in [-0.39, 0.29) is 5.91 Å². The first-order valence-electron chi connectivity index (χ1n) is 7.53. The van der Waals surface area contributed by atoms with Gasteiger partial charge in [-0.05, 0) is 45.1 Å². The Kier molecular flexibility index (Phi) is 4.51. The number of piperidine rings is 1. The number of benzene rings is 1. The van der Waals surface area contributed by atoms with Gasteiger partial charge in [0.15, 0.2) is 0 Å². The zero-order chi connectivity index (χ0) is 14.7. The maximum atomic E-state index is 12.0. The standard InChI is InChI=1S/C16H21N3OS/c1-19-10-8-12(9-11-19)17-15(20)6-7-16-18-13-4-2-3-5-14(13)21-16/h2-5,12H,6-11H2,1H3,(H,17,20). The summed E-state index contributed by atoms with van der Waals surface area (Å²) in [5, 5.41) is 4.21. The Hall–Kier alpha value is -1.46. The zero-order valence-corrected chi connectivity index (χ0v) is 13.2. The minimum Gasteiger partial charge on any atom is -0.353 e. The topological polar surface area (TPSA) is 45.2 Å². The number of thiazole rings is 1. The number of hydrogen-bond donors (Lipinski definition) is 1. The van der Waals surface area contributed by atoms with Crippen molar-refractivity contribution in [1.82, 2.24) is 15.2 Å². The van der Waals surface area contributed by atoms with E-state index < -0.39 is 0 Å². The number of para-hydroxylation sites is 1. The first kappa shape index (κ1) is 14.5. The number of nitrogens with zero attached hydrogens (tertiary/aromatic N) is 2. The molecule has 1 fully saturated rings. The van der Waals surface area contributed by atoms with Gasteiger partial charge in [-0.15, -0.1) is 11.3 Å². The zero-order valence-electron chi connectivity index (χ0n) is 12.3. The summed E-state index contributed by atoms with van der Waals surface area (Å²) in [5.41, 5.74) is 1.04. The van der Waals surface area contributed by atoms with Crippen molar-refractivity contribution in [3.05, 3.63) is 29.3 Å². The molecule has 1 aliphatic rings. The van der Waals surface area contributed by atoms with Crippen LogP contribution in [0.4, 0.5) is 0 Å². The van der Waals surface area contributed by atoms with E-state index in [9.17, 15) is 4.79 Å². The largest absolute Gasteiger partial charge is 0.353 e. The maximum absolute atomic E-state index is 12.0. The molecular weight excluding hydrogens is 282 g/mol. The number of aryl methyl sites for hydroxylation is 1. The number of carbonyl (C=O) groups excluding carboxylic acids is 1. The van der Waals surface area contributed by atoms with Crippen LogP contribution in [-0.2, 0) is 11.2 Å². The molecule has 0 radical (unpaired) electrons. The molecule has 1 saturated heterocycles. The third kappa shape index (κ3) is 3.80. The van der Waals surface area contributed by atoms with Crippen molar-refractivity contribution in [3.63, 3.8) is 0 Å². The lowest BCUT2D eigenvalue weighted by atomic mass is 10.1. The van der Waals surface area contributed by atoms with Gasteiger partial charge in [-0.25, -0.2) is 4.98 Å². The molecular formula is C16H21N3OS. The van der Waals surface area contributed by atoms with Crippen molar-refractivity contribution in [1.29, 1.82) is 0 Å². The Bertz CT molecular complexity index is 584. The highest BCUT2D eigenvalue weighted by Crippen LogP contribution is 2.22. The molecule has 0 atom stereocenters. The molecule has 1 amide bonds. The van der Waals surface area contributed by atoms with Crippen LogP contribution in [0.3, 0.4) is 0 Å². The molecule has 5 heteroatoms. The summed E-state index contributed by atoms with van der Waals surface area (Å²) < 4.78 is 1.20. The Morgan fingerprint density at radius 3 is 2.90 bits per heavy atom. The van der Waals surface area contributed by atoms with Crippen molar-refractivity contribution in [2.24, 2.45) is 0 Å². The van der Waals surface area contributed by atoms with E-state index >= 15 is 0 Å². The Morgan fingerprint density at radius 1 is 1.38 bits per heavy atom. The van der Waals surface area contributed by atoms with Crippen LogP contribution >= 0.6 is 11.3 Å². The van der Waals surface area contributed by atoms with Gasteiger partial charge in [-0.2, -0.15) is 0 Å². The highest BCUT2D eigenvalue weighted by Gasteiger charge is 2.18. The number of fused-ring (bicyclic) bond motifs is 1. The van der Waals surface area contributed by atoms with Crippen molar-refractivity contribution in [3.8, 4) is 0 Å². The lowest BCUT2D eigenvalue weighted by molar-refractivity contribution is -0.122. The molecule has 112 valence electrons. The maximum Gasteiger partial charge on any atom is 0.220 e. The number of hydrogen-bond acceptors (Lipinski definition) is 4. The molecule has 0 spiro atoms. The Morgan fingerprint density at radius 2 is 2.14 bits per heavy atom. The van der Waals surface area contributed by atoms with E-state index in [4.69, 9.17) is 0 Å². The average molecular weight is 303 g/mol. The van der Waals surface area contributed by atoms with Gasteiger partial charge in [-0.1, -0.05) is 12.1 Å². The lowest BCUT2D eigenvalue weighted by Gasteiger charge is -2.29. The van der Waals surface area contributed by atoms with Crippen molar-refractivity contribution < 1.29 is 4.79 Å². The summed E-state index contributed by atoms with van der Waals surface area (Å²) in [4.78, 5) is 18.9. The molecule has 2 heterocycles. The van der Waals surface area contributed by atoms with Crippen LogP contribution in [0.2, 0.25) is 0 Å². The molecule has 4 nitrogen and oxygen atoms in total. The van der Waals surface area contributed by atoms with Crippen LogP contribution in [0, 0.1) is 0 Å². The predicted octanol–water partition coefficient (Wildman–Crippen LogP) is 2.44. The SMILES string of the molecule is CN1CCC(NC(=O)CCc2nc3ccccc3s2)CC1. The second-order valence-electron chi connectivity index (χ2n) is 5.72. The summed E-state index contributed by atoms with van der Waals surface area (Å²) in [6.45, 7) is 2.14. The molecule has 0 saturated carbocycles. The quantitative estimate of drug-likeness (QED) is 0.943.